The quantitative estimate of drug-likeness (QED) is 0.461. The number of nitrogens with zero attached hydrogens (tertiary/aromatic N) is 2. The van der Waals surface area contributed by atoms with Crippen molar-refractivity contribution in [2.24, 2.45) is 4.99 Å². The van der Waals surface area contributed by atoms with Crippen LogP contribution in [0.15, 0.2) is 29.4 Å². The maximum absolute atomic E-state index is 4.39. The van der Waals surface area contributed by atoms with E-state index in [4.69, 9.17) is 0 Å². The summed E-state index contributed by atoms with van der Waals surface area (Å²) in [6.07, 6.45) is 13.0. The molecule has 0 atom stereocenters. The van der Waals surface area contributed by atoms with Gasteiger partial charge in [-0.1, -0.05) is 51.5 Å². The number of hydrogen-bond acceptors (Lipinski definition) is 2. The summed E-state index contributed by atoms with van der Waals surface area (Å²) < 4.78 is 0. The van der Waals surface area contributed by atoms with Crippen molar-refractivity contribution >= 4 is 6.21 Å². The summed E-state index contributed by atoms with van der Waals surface area (Å²) in [5, 5.41) is 0. The number of rotatable bonds is 9. The molecule has 0 amide bonds. The Morgan fingerprint density at radius 3 is 2.53 bits per heavy atom. The highest BCUT2D eigenvalue weighted by atomic mass is 14.7. The van der Waals surface area contributed by atoms with Crippen LogP contribution in [-0.4, -0.2) is 17.7 Å². The SMILES string of the molecule is CCCCCCCCCN=Cc1ccccn1. The summed E-state index contributed by atoms with van der Waals surface area (Å²) in [7, 11) is 0. The van der Waals surface area contributed by atoms with Crippen molar-refractivity contribution in [3.05, 3.63) is 30.1 Å². The molecule has 0 saturated carbocycles. The molecule has 1 heterocycles. The zero-order valence-electron chi connectivity index (χ0n) is 10.9. The molecule has 2 nitrogen and oxygen atoms in total. The van der Waals surface area contributed by atoms with E-state index in [1.54, 1.807) is 6.20 Å². The standard InChI is InChI=1S/C15H24N2/c1-2-3-4-5-6-7-9-12-16-14-15-11-8-10-13-17-15/h8,10-11,13-14H,2-7,9,12H2,1H3. The molecule has 0 radical (unpaired) electrons. The molecule has 0 aliphatic heterocycles. The third-order valence-electron chi connectivity index (χ3n) is 2.80. The van der Waals surface area contributed by atoms with Crippen LogP contribution in [0.1, 0.15) is 57.6 Å². The molecule has 0 N–H and O–H groups in total. The van der Waals surface area contributed by atoms with E-state index in [0.29, 0.717) is 0 Å². The van der Waals surface area contributed by atoms with Crippen LogP contribution >= 0.6 is 0 Å². The van der Waals surface area contributed by atoms with E-state index < -0.39 is 0 Å². The average molecular weight is 232 g/mol. The predicted molar refractivity (Wildman–Crippen MR) is 74.7 cm³/mol. The third-order valence-corrected chi connectivity index (χ3v) is 2.80. The molecule has 0 aliphatic carbocycles. The fourth-order valence-corrected chi connectivity index (χ4v) is 1.77. The van der Waals surface area contributed by atoms with E-state index in [2.05, 4.69) is 16.9 Å². The highest BCUT2D eigenvalue weighted by Crippen LogP contribution is 2.06. The molecular formula is C15H24N2. The van der Waals surface area contributed by atoms with Crippen LogP contribution in [0.2, 0.25) is 0 Å². The smallest absolute Gasteiger partial charge is 0.0807 e. The molecule has 1 aromatic rings. The van der Waals surface area contributed by atoms with Gasteiger partial charge < -0.3 is 0 Å². The van der Waals surface area contributed by atoms with E-state index in [9.17, 15) is 0 Å². The van der Waals surface area contributed by atoms with Crippen LogP contribution in [-0.2, 0) is 0 Å². The monoisotopic (exact) mass is 232 g/mol. The number of unbranched alkanes of at least 4 members (excludes halogenated alkanes) is 6. The van der Waals surface area contributed by atoms with Gasteiger partial charge in [-0.3, -0.25) is 9.98 Å². The largest absolute Gasteiger partial charge is 0.291 e. The third kappa shape index (κ3) is 7.67. The fraction of sp³-hybridized carbons (Fsp3) is 0.600. The first kappa shape index (κ1) is 13.9. The molecule has 0 aliphatic rings. The van der Waals surface area contributed by atoms with Crippen molar-refractivity contribution in [2.45, 2.75) is 51.9 Å². The Balaban J connectivity index is 1.95. The van der Waals surface area contributed by atoms with Crippen molar-refractivity contribution in [3.63, 3.8) is 0 Å². The Morgan fingerprint density at radius 1 is 1.06 bits per heavy atom. The Kier molecular flexibility index (Phi) is 8.17. The molecule has 0 fully saturated rings. The van der Waals surface area contributed by atoms with E-state index in [1.165, 1.54) is 44.9 Å². The molecule has 0 aromatic carbocycles. The van der Waals surface area contributed by atoms with E-state index >= 15 is 0 Å². The molecule has 0 bridgehead atoms. The molecule has 0 spiro atoms. The van der Waals surface area contributed by atoms with Crippen LogP contribution in [0.5, 0.6) is 0 Å². The number of aromatic nitrogens is 1. The first-order valence-corrected chi connectivity index (χ1v) is 6.84. The minimum atomic E-state index is 0.935. The molecule has 0 saturated heterocycles. The van der Waals surface area contributed by atoms with Gasteiger partial charge in [-0.25, -0.2) is 0 Å². The second-order valence-electron chi connectivity index (χ2n) is 4.41. The van der Waals surface area contributed by atoms with E-state index in [0.717, 1.165) is 12.2 Å². The van der Waals surface area contributed by atoms with Crippen LogP contribution in [0.4, 0.5) is 0 Å². The zero-order valence-corrected chi connectivity index (χ0v) is 10.9. The zero-order chi connectivity index (χ0) is 12.2. The minimum Gasteiger partial charge on any atom is -0.291 e. The number of hydrogen-bond donors (Lipinski definition) is 0. The van der Waals surface area contributed by atoms with Gasteiger partial charge in [-0.05, 0) is 18.6 Å². The lowest BCUT2D eigenvalue weighted by Gasteiger charge is -1.98. The highest BCUT2D eigenvalue weighted by molar-refractivity contribution is 5.76. The molecular weight excluding hydrogens is 208 g/mol. The first-order valence-electron chi connectivity index (χ1n) is 6.84. The lowest BCUT2D eigenvalue weighted by Crippen LogP contribution is -1.88. The lowest BCUT2D eigenvalue weighted by atomic mass is 10.1. The highest BCUT2D eigenvalue weighted by Gasteiger charge is 1.90. The minimum absolute atomic E-state index is 0.935. The summed E-state index contributed by atoms with van der Waals surface area (Å²) in [6.45, 7) is 3.19. The Hall–Kier alpha value is -1.18. The summed E-state index contributed by atoms with van der Waals surface area (Å²) in [6, 6.07) is 5.89. The van der Waals surface area contributed by atoms with Crippen LogP contribution in [0, 0.1) is 0 Å². The summed E-state index contributed by atoms with van der Waals surface area (Å²) >= 11 is 0. The van der Waals surface area contributed by atoms with Gasteiger partial charge in [0.15, 0.2) is 0 Å². The van der Waals surface area contributed by atoms with Crippen molar-refractivity contribution in [2.75, 3.05) is 6.54 Å². The molecule has 1 rings (SSSR count). The normalized spacial score (nSPS) is 11.1. The lowest BCUT2D eigenvalue weighted by molar-refractivity contribution is 0.593. The Bertz CT molecular complexity index is 293. The topological polar surface area (TPSA) is 25.2 Å². The van der Waals surface area contributed by atoms with Crippen molar-refractivity contribution in [1.82, 2.24) is 4.98 Å². The maximum atomic E-state index is 4.39. The number of aliphatic imine (C=N–C) groups is 1. The maximum Gasteiger partial charge on any atom is 0.0807 e. The summed E-state index contributed by atoms with van der Waals surface area (Å²) in [5.41, 5.74) is 0.954. The first-order chi connectivity index (χ1) is 8.43. The summed E-state index contributed by atoms with van der Waals surface area (Å²) in [5.74, 6) is 0. The van der Waals surface area contributed by atoms with Gasteiger partial charge in [0.1, 0.15) is 0 Å². The Labute approximate surface area is 105 Å². The van der Waals surface area contributed by atoms with E-state index in [-0.39, 0.29) is 0 Å². The van der Waals surface area contributed by atoms with Crippen LogP contribution in [0.3, 0.4) is 0 Å². The van der Waals surface area contributed by atoms with Gasteiger partial charge >= 0.3 is 0 Å². The van der Waals surface area contributed by atoms with Crippen molar-refractivity contribution in [1.29, 1.82) is 0 Å². The second kappa shape index (κ2) is 10.0. The van der Waals surface area contributed by atoms with Crippen LogP contribution < -0.4 is 0 Å². The van der Waals surface area contributed by atoms with Crippen LogP contribution in [0.25, 0.3) is 0 Å². The molecule has 94 valence electrons. The van der Waals surface area contributed by atoms with E-state index in [1.807, 2.05) is 24.4 Å². The molecule has 17 heavy (non-hydrogen) atoms. The van der Waals surface area contributed by atoms with Crippen molar-refractivity contribution in [3.8, 4) is 0 Å². The fourth-order valence-electron chi connectivity index (χ4n) is 1.77. The summed E-state index contributed by atoms with van der Waals surface area (Å²) in [4.78, 5) is 8.59. The van der Waals surface area contributed by atoms with Gasteiger partial charge in [-0.15, -0.1) is 0 Å². The second-order valence-corrected chi connectivity index (χ2v) is 4.41. The average Bonchev–Trinajstić information content (AvgIpc) is 2.38. The predicted octanol–water partition coefficient (Wildman–Crippen LogP) is 4.25. The molecule has 1 aromatic heterocycles. The van der Waals surface area contributed by atoms with Crippen molar-refractivity contribution < 1.29 is 0 Å². The number of pyridine rings is 1. The molecule has 2 heteroatoms. The van der Waals surface area contributed by atoms with Gasteiger partial charge in [0.25, 0.3) is 0 Å². The van der Waals surface area contributed by atoms with Gasteiger partial charge in [-0.2, -0.15) is 0 Å². The van der Waals surface area contributed by atoms with Gasteiger partial charge in [0.2, 0.25) is 0 Å². The molecule has 0 unspecified atom stereocenters. The Morgan fingerprint density at radius 2 is 1.82 bits per heavy atom. The van der Waals surface area contributed by atoms with Gasteiger partial charge in [0.05, 0.1) is 5.69 Å². The van der Waals surface area contributed by atoms with Gasteiger partial charge in [0, 0.05) is 19.0 Å².